The molecule has 0 aromatic carbocycles. The van der Waals surface area contributed by atoms with Gasteiger partial charge < -0.3 is 4.98 Å². The normalized spacial score (nSPS) is 11.1. The molecule has 3 aromatic heterocycles. The van der Waals surface area contributed by atoms with Gasteiger partial charge >= 0.3 is 5.69 Å². The maximum absolute atomic E-state index is 11.1. The molecule has 5 nitrogen and oxygen atoms in total. The van der Waals surface area contributed by atoms with Crippen LogP contribution in [0.2, 0.25) is 0 Å². The van der Waals surface area contributed by atoms with Crippen LogP contribution in [0, 0.1) is 0 Å². The van der Waals surface area contributed by atoms with Gasteiger partial charge in [-0.1, -0.05) is 0 Å². The van der Waals surface area contributed by atoms with Crippen LogP contribution >= 0.6 is 0 Å². The Bertz CT molecular complexity index is 667. The van der Waals surface area contributed by atoms with E-state index in [0.717, 1.165) is 10.9 Å². The molecular formula is C9H6N4O. The van der Waals surface area contributed by atoms with Crippen LogP contribution in [0.5, 0.6) is 0 Å². The molecule has 14 heavy (non-hydrogen) atoms. The van der Waals surface area contributed by atoms with Crippen LogP contribution in [-0.2, 0) is 0 Å². The number of pyridine rings is 2. The third-order valence-electron chi connectivity index (χ3n) is 2.12. The van der Waals surface area contributed by atoms with Crippen molar-refractivity contribution in [1.82, 2.24) is 19.9 Å². The molecule has 3 aromatic rings. The van der Waals surface area contributed by atoms with Crippen molar-refractivity contribution in [2.45, 2.75) is 0 Å². The Labute approximate surface area is 77.8 Å². The molecule has 0 spiro atoms. The highest BCUT2D eigenvalue weighted by Gasteiger charge is 2.04. The number of hydrogen-bond acceptors (Lipinski definition) is 3. The fraction of sp³-hybridized carbons (Fsp3) is 0. The second kappa shape index (κ2) is 2.41. The third kappa shape index (κ3) is 0.861. The fourth-order valence-corrected chi connectivity index (χ4v) is 1.51. The lowest BCUT2D eigenvalue weighted by Gasteiger charge is -1.95. The van der Waals surface area contributed by atoms with E-state index < -0.39 is 0 Å². The van der Waals surface area contributed by atoms with Gasteiger partial charge in [-0.3, -0.25) is 9.97 Å². The first-order valence-corrected chi connectivity index (χ1v) is 4.16. The van der Waals surface area contributed by atoms with Crippen LogP contribution < -0.4 is 5.69 Å². The Hall–Kier alpha value is -2.17. The van der Waals surface area contributed by atoms with E-state index in [-0.39, 0.29) is 5.69 Å². The second-order valence-electron chi connectivity index (χ2n) is 3.00. The van der Waals surface area contributed by atoms with E-state index in [4.69, 9.17) is 0 Å². The molecule has 0 amide bonds. The van der Waals surface area contributed by atoms with Crippen molar-refractivity contribution < 1.29 is 0 Å². The summed E-state index contributed by atoms with van der Waals surface area (Å²) in [6, 6.07) is 3.74. The van der Waals surface area contributed by atoms with Gasteiger partial charge in [0.15, 0.2) is 5.65 Å². The van der Waals surface area contributed by atoms with Crippen molar-refractivity contribution in [1.29, 1.82) is 0 Å². The van der Waals surface area contributed by atoms with Crippen LogP contribution in [0.15, 0.2) is 29.3 Å². The summed E-state index contributed by atoms with van der Waals surface area (Å²) in [6.45, 7) is 0. The molecule has 0 aliphatic carbocycles. The molecule has 3 heterocycles. The van der Waals surface area contributed by atoms with Gasteiger partial charge in [-0.05, 0) is 12.1 Å². The lowest BCUT2D eigenvalue weighted by molar-refractivity contribution is 1.20. The Kier molecular flexibility index (Phi) is 1.25. The summed E-state index contributed by atoms with van der Waals surface area (Å²) < 4.78 is 0. The molecule has 0 radical (unpaired) electrons. The van der Waals surface area contributed by atoms with E-state index in [1.807, 2.05) is 12.1 Å². The number of imidazole rings is 1. The molecule has 2 N–H and O–H groups in total. The van der Waals surface area contributed by atoms with E-state index in [2.05, 4.69) is 19.9 Å². The van der Waals surface area contributed by atoms with Gasteiger partial charge in [0, 0.05) is 17.8 Å². The zero-order chi connectivity index (χ0) is 9.54. The van der Waals surface area contributed by atoms with E-state index >= 15 is 0 Å². The van der Waals surface area contributed by atoms with Crippen LogP contribution in [0.3, 0.4) is 0 Å². The van der Waals surface area contributed by atoms with Crippen molar-refractivity contribution >= 4 is 22.1 Å². The van der Waals surface area contributed by atoms with Gasteiger partial charge in [-0.15, -0.1) is 0 Å². The maximum atomic E-state index is 11.1. The highest BCUT2D eigenvalue weighted by atomic mass is 16.1. The van der Waals surface area contributed by atoms with Crippen LogP contribution in [0.4, 0.5) is 0 Å². The number of fused-ring (bicyclic) bond motifs is 3. The van der Waals surface area contributed by atoms with E-state index in [9.17, 15) is 4.79 Å². The summed E-state index contributed by atoms with van der Waals surface area (Å²) in [4.78, 5) is 24.6. The highest BCUT2D eigenvalue weighted by Crippen LogP contribution is 2.16. The zero-order valence-electron chi connectivity index (χ0n) is 7.11. The Balaban J connectivity index is 2.66. The van der Waals surface area contributed by atoms with E-state index in [1.54, 1.807) is 12.4 Å². The van der Waals surface area contributed by atoms with Crippen LogP contribution in [0.1, 0.15) is 0 Å². The van der Waals surface area contributed by atoms with Crippen molar-refractivity contribution in [2.24, 2.45) is 0 Å². The minimum absolute atomic E-state index is 0.259. The highest BCUT2D eigenvalue weighted by molar-refractivity contribution is 5.98. The summed E-state index contributed by atoms with van der Waals surface area (Å²) in [5, 5.41) is 0.912. The van der Waals surface area contributed by atoms with Crippen molar-refractivity contribution in [3.63, 3.8) is 0 Å². The summed E-state index contributed by atoms with van der Waals surface area (Å²) in [5.41, 5.74) is 1.70. The number of aromatic nitrogens is 4. The van der Waals surface area contributed by atoms with Crippen molar-refractivity contribution in [3.8, 4) is 0 Å². The molecule has 5 heteroatoms. The van der Waals surface area contributed by atoms with Gasteiger partial charge in [-0.25, -0.2) is 9.78 Å². The molecule has 0 fully saturated rings. The molecule has 0 unspecified atom stereocenters. The lowest BCUT2D eigenvalue weighted by atomic mass is 10.2. The zero-order valence-corrected chi connectivity index (χ0v) is 7.11. The second-order valence-corrected chi connectivity index (χ2v) is 3.00. The lowest BCUT2D eigenvalue weighted by Crippen LogP contribution is -1.99. The summed E-state index contributed by atoms with van der Waals surface area (Å²) >= 11 is 0. The minimum Gasteiger partial charge on any atom is -0.302 e. The third-order valence-corrected chi connectivity index (χ3v) is 2.12. The molecule has 68 valence electrons. The number of aromatic amines is 2. The number of hydrogen-bond donors (Lipinski definition) is 2. The molecule has 3 rings (SSSR count). The summed E-state index contributed by atoms with van der Waals surface area (Å²) in [6.07, 6.45) is 3.38. The fourth-order valence-electron chi connectivity index (χ4n) is 1.51. The first-order valence-electron chi connectivity index (χ1n) is 4.16. The quantitative estimate of drug-likeness (QED) is 0.545. The van der Waals surface area contributed by atoms with E-state index in [0.29, 0.717) is 11.2 Å². The Morgan fingerprint density at radius 3 is 3.07 bits per heavy atom. The number of H-pyrrole nitrogens is 2. The van der Waals surface area contributed by atoms with Gasteiger partial charge in [0.25, 0.3) is 0 Å². The number of rotatable bonds is 0. The maximum Gasteiger partial charge on any atom is 0.325 e. The summed E-state index contributed by atoms with van der Waals surface area (Å²) in [5.74, 6) is 0. The topological polar surface area (TPSA) is 74.4 Å². The van der Waals surface area contributed by atoms with Crippen LogP contribution in [0.25, 0.3) is 22.1 Å². The van der Waals surface area contributed by atoms with Gasteiger partial charge in [0.1, 0.15) is 5.52 Å². The predicted octanol–water partition coefficient (Wildman–Crippen LogP) is 0.799. The predicted molar refractivity (Wildman–Crippen MR) is 52.0 cm³/mol. The average Bonchev–Trinajstić information content (AvgIpc) is 2.59. The molecule has 0 aliphatic heterocycles. The van der Waals surface area contributed by atoms with Crippen LogP contribution in [-0.4, -0.2) is 19.9 Å². The van der Waals surface area contributed by atoms with Gasteiger partial charge in [0.05, 0.1) is 5.52 Å². The first kappa shape index (κ1) is 7.25. The monoisotopic (exact) mass is 186 g/mol. The Morgan fingerprint density at radius 2 is 2.14 bits per heavy atom. The van der Waals surface area contributed by atoms with Crippen molar-refractivity contribution in [3.05, 3.63) is 35.0 Å². The summed E-state index contributed by atoms with van der Waals surface area (Å²) in [7, 11) is 0. The first-order chi connectivity index (χ1) is 6.84. The number of nitrogens with one attached hydrogen (secondary N) is 2. The van der Waals surface area contributed by atoms with Crippen molar-refractivity contribution in [2.75, 3.05) is 0 Å². The molecule has 0 aliphatic rings. The smallest absolute Gasteiger partial charge is 0.302 e. The van der Waals surface area contributed by atoms with Gasteiger partial charge in [-0.2, -0.15) is 0 Å². The average molecular weight is 186 g/mol. The Morgan fingerprint density at radius 1 is 1.21 bits per heavy atom. The SMILES string of the molecule is O=c1[nH]c2ncc3cccnc3c2[nH]1. The largest absolute Gasteiger partial charge is 0.325 e. The minimum atomic E-state index is -0.259. The molecule has 0 atom stereocenters. The molecule has 0 saturated heterocycles. The number of nitrogens with zero attached hydrogens (tertiary/aromatic N) is 2. The molecule has 0 bridgehead atoms. The van der Waals surface area contributed by atoms with E-state index in [1.165, 1.54) is 0 Å². The molecular weight excluding hydrogens is 180 g/mol. The standard InChI is InChI=1S/C9H6N4O/c14-9-12-7-6-5(2-1-3-10-6)4-11-8(7)13-9/h1-4H,(H2,11,12,13,14). The van der Waals surface area contributed by atoms with Gasteiger partial charge in [0.2, 0.25) is 0 Å². The molecule has 0 saturated carbocycles.